The molecular weight excluding hydrogens is 368 g/mol. The van der Waals surface area contributed by atoms with Gasteiger partial charge in [-0.1, -0.05) is 19.3 Å². The predicted molar refractivity (Wildman–Crippen MR) is 111 cm³/mol. The predicted octanol–water partition coefficient (Wildman–Crippen LogP) is 3.19. The van der Waals surface area contributed by atoms with Crippen LogP contribution in [0.1, 0.15) is 62.2 Å². The SMILES string of the molecule is CC(C(=O)NC1CCCCC1)N1CCC(C(=O)c2ccc3c(c2)OCCO3)CC1. The van der Waals surface area contributed by atoms with Gasteiger partial charge in [-0.05, 0) is 63.9 Å². The quantitative estimate of drug-likeness (QED) is 0.769. The molecule has 2 heterocycles. The van der Waals surface area contributed by atoms with E-state index in [0.29, 0.717) is 36.3 Å². The topological polar surface area (TPSA) is 67.9 Å². The van der Waals surface area contributed by atoms with Gasteiger partial charge >= 0.3 is 0 Å². The fourth-order valence-corrected chi connectivity index (χ4v) is 4.72. The molecule has 0 radical (unpaired) electrons. The number of nitrogens with one attached hydrogen (secondary N) is 1. The van der Waals surface area contributed by atoms with Gasteiger partial charge in [-0.25, -0.2) is 0 Å². The molecular formula is C23H32N2O4. The summed E-state index contributed by atoms with van der Waals surface area (Å²) >= 11 is 0. The van der Waals surface area contributed by atoms with Crippen molar-refractivity contribution in [3.05, 3.63) is 23.8 Å². The highest BCUT2D eigenvalue weighted by Gasteiger charge is 2.31. The highest BCUT2D eigenvalue weighted by molar-refractivity contribution is 5.98. The second kappa shape index (κ2) is 9.16. The van der Waals surface area contributed by atoms with Crippen LogP contribution in [0, 0.1) is 5.92 Å². The Morgan fingerprint density at radius 3 is 2.41 bits per heavy atom. The Bertz CT molecular complexity index is 736. The van der Waals surface area contributed by atoms with Gasteiger partial charge in [-0.15, -0.1) is 0 Å². The van der Waals surface area contributed by atoms with Crippen LogP contribution in [0.5, 0.6) is 11.5 Å². The first-order chi connectivity index (χ1) is 14.1. The van der Waals surface area contributed by atoms with E-state index in [0.717, 1.165) is 38.8 Å². The molecule has 3 aliphatic rings. The van der Waals surface area contributed by atoms with Gasteiger partial charge in [0, 0.05) is 17.5 Å². The van der Waals surface area contributed by atoms with Crippen molar-refractivity contribution in [2.24, 2.45) is 5.92 Å². The maximum Gasteiger partial charge on any atom is 0.237 e. The fraction of sp³-hybridized carbons (Fsp3) is 0.652. The summed E-state index contributed by atoms with van der Waals surface area (Å²) in [6, 6.07) is 5.68. The maximum atomic E-state index is 13.0. The van der Waals surface area contributed by atoms with Crippen LogP contribution < -0.4 is 14.8 Å². The second-order valence-corrected chi connectivity index (χ2v) is 8.55. The first-order valence-corrected chi connectivity index (χ1v) is 11.1. The summed E-state index contributed by atoms with van der Waals surface area (Å²) in [4.78, 5) is 27.8. The van der Waals surface area contributed by atoms with Crippen molar-refractivity contribution in [2.75, 3.05) is 26.3 Å². The summed E-state index contributed by atoms with van der Waals surface area (Å²) in [6.45, 7) is 4.61. The number of ether oxygens (including phenoxy) is 2. The Labute approximate surface area is 172 Å². The van der Waals surface area contributed by atoms with E-state index in [4.69, 9.17) is 9.47 Å². The molecule has 1 amide bonds. The van der Waals surface area contributed by atoms with Crippen LogP contribution in [-0.2, 0) is 4.79 Å². The zero-order valence-corrected chi connectivity index (χ0v) is 17.3. The molecule has 2 aliphatic heterocycles. The summed E-state index contributed by atoms with van der Waals surface area (Å²) < 4.78 is 11.1. The summed E-state index contributed by atoms with van der Waals surface area (Å²) in [7, 11) is 0. The van der Waals surface area contributed by atoms with Gasteiger partial charge in [-0.2, -0.15) is 0 Å². The minimum absolute atomic E-state index is 0.00224. The molecule has 1 saturated heterocycles. The number of benzene rings is 1. The van der Waals surface area contributed by atoms with E-state index in [-0.39, 0.29) is 23.7 Å². The smallest absolute Gasteiger partial charge is 0.237 e. The molecule has 1 aromatic rings. The van der Waals surface area contributed by atoms with Crippen molar-refractivity contribution in [2.45, 2.75) is 64.0 Å². The summed E-state index contributed by atoms with van der Waals surface area (Å²) in [6.07, 6.45) is 7.49. The summed E-state index contributed by atoms with van der Waals surface area (Å²) in [5.41, 5.74) is 0.691. The van der Waals surface area contributed by atoms with Crippen LogP contribution in [0.4, 0.5) is 0 Å². The molecule has 4 rings (SSSR count). The van der Waals surface area contributed by atoms with Crippen LogP contribution in [0.25, 0.3) is 0 Å². The molecule has 0 spiro atoms. The zero-order valence-electron chi connectivity index (χ0n) is 17.3. The lowest BCUT2D eigenvalue weighted by Gasteiger charge is -2.35. The van der Waals surface area contributed by atoms with E-state index < -0.39 is 0 Å². The average molecular weight is 401 g/mol. The molecule has 6 heteroatoms. The highest BCUT2D eigenvalue weighted by atomic mass is 16.6. The number of rotatable bonds is 5. The first kappa shape index (κ1) is 20.2. The van der Waals surface area contributed by atoms with Gasteiger partial charge in [0.2, 0.25) is 5.91 Å². The molecule has 1 N–H and O–H groups in total. The van der Waals surface area contributed by atoms with E-state index in [9.17, 15) is 9.59 Å². The number of Topliss-reactive ketones (excluding diaryl/α,β-unsaturated/α-hetero) is 1. The Kier molecular flexibility index (Phi) is 6.38. The van der Waals surface area contributed by atoms with Gasteiger partial charge < -0.3 is 14.8 Å². The summed E-state index contributed by atoms with van der Waals surface area (Å²) in [5.74, 6) is 1.67. The molecule has 1 aliphatic carbocycles. The second-order valence-electron chi connectivity index (χ2n) is 8.55. The summed E-state index contributed by atoms with van der Waals surface area (Å²) in [5, 5.41) is 3.23. The van der Waals surface area contributed by atoms with Crippen molar-refractivity contribution in [3.8, 4) is 11.5 Å². The number of likely N-dealkylation sites (tertiary alicyclic amines) is 1. The third kappa shape index (κ3) is 4.74. The van der Waals surface area contributed by atoms with Crippen LogP contribution in [0.3, 0.4) is 0 Å². The van der Waals surface area contributed by atoms with Crippen molar-refractivity contribution in [3.63, 3.8) is 0 Å². The van der Waals surface area contributed by atoms with Gasteiger partial charge in [-0.3, -0.25) is 14.5 Å². The number of carbonyl (C=O) groups is 2. The van der Waals surface area contributed by atoms with E-state index >= 15 is 0 Å². The molecule has 1 aromatic carbocycles. The van der Waals surface area contributed by atoms with Crippen molar-refractivity contribution in [1.29, 1.82) is 0 Å². The number of fused-ring (bicyclic) bond motifs is 1. The van der Waals surface area contributed by atoms with Gasteiger partial charge in [0.05, 0.1) is 6.04 Å². The lowest BCUT2D eigenvalue weighted by molar-refractivity contribution is -0.127. The maximum absolute atomic E-state index is 13.0. The van der Waals surface area contributed by atoms with E-state index in [1.807, 2.05) is 25.1 Å². The monoisotopic (exact) mass is 400 g/mol. The van der Waals surface area contributed by atoms with E-state index in [1.165, 1.54) is 19.3 Å². The molecule has 1 saturated carbocycles. The van der Waals surface area contributed by atoms with Crippen LogP contribution in [0.2, 0.25) is 0 Å². The Hall–Kier alpha value is -2.08. The Morgan fingerprint density at radius 1 is 1.00 bits per heavy atom. The van der Waals surface area contributed by atoms with Crippen molar-refractivity contribution < 1.29 is 19.1 Å². The van der Waals surface area contributed by atoms with Gasteiger partial charge in [0.1, 0.15) is 13.2 Å². The lowest BCUT2D eigenvalue weighted by atomic mass is 9.88. The molecule has 2 fully saturated rings. The van der Waals surface area contributed by atoms with Crippen LogP contribution in [0.15, 0.2) is 18.2 Å². The third-order valence-electron chi connectivity index (χ3n) is 6.61. The normalized spacial score (nSPS) is 22.1. The molecule has 29 heavy (non-hydrogen) atoms. The number of piperidine rings is 1. The van der Waals surface area contributed by atoms with Gasteiger partial charge in [0.25, 0.3) is 0 Å². The third-order valence-corrected chi connectivity index (χ3v) is 6.61. The number of nitrogens with zero attached hydrogens (tertiary/aromatic N) is 1. The first-order valence-electron chi connectivity index (χ1n) is 11.1. The Morgan fingerprint density at radius 2 is 1.69 bits per heavy atom. The molecule has 158 valence electrons. The van der Waals surface area contributed by atoms with Gasteiger partial charge in [0.15, 0.2) is 17.3 Å². The average Bonchev–Trinajstić information content (AvgIpc) is 2.78. The molecule has 1 atom stereocenters. The number of hydrogen-bond acceptors (Lipinski definition) is 5. The van der Waals surface area contributed by atoms with E-state index in [1.54, 1.807) is 0 Å². The Balaban J connectivity index is 1.29. The van der Waals surface area contributed by atoms with Crippen LogP contribution in [-0.4, -0.2) is 55.0 Å². The minimum atomic E-state index is -0.137. The molecule has 0 aromatic heterocycles. The number of ketones is 1. The molecule has 1 unspecified atom stereocenters. The fourth-order valence-electron chi connectivity index (χ4n) is 4.72. The lowest BCUT2D eigenvalue weighted by Crippen LogP contribution is -2.51. The minimum Gasteiger partial charge on any atom is -0.486 e. The van der Waals surface area contributed by atoms with E-state index in [2.05, 4.69) is 10.2 Å². The van der Waals surface area contributed by atoms with Crippen molar-refractivity contribution in [1.82, 2.24) is 10.2 Å². The zero-order chi connectivity index (χ0) is 20.2. The highest BCUT2D eigenvalue weighted by Crippen LogP contribution is 2.32. The van der Waals surface area contributed by atoms with Crippen molar-refractivity contribution >= 4 is 11.7 Å². The largest absolute Gasteiger partial charge is 0.486 e. The number of hydrogen-bond donors (Lipinski definition) is 1. The van der Waals surface area contributed by atoms with Crippen LogP contribution >= 0.6 is 0 Å². The molecule has 0 bridgehead atoms. The standard InChI is InChI=1S/C23H32N2O4/c1-16(23(27)24-19-5-3-2-4-6-19)25-11-9-17(10-12-25)22(26)18-7-8-20-21(15-18)29-14-13-28-20/h7-8,15-17,19H,2-6,9-14H2,1H3,(H,24,27). The number of carbonyl (C=O) groups excluding carboxylic acids is 2. The number of amides is 1. The molecule has 6 nitrogen and oxygen atoms in total.